The van der Waals surface area contributed by atoms with Crippen molar-refractivity contribution in [3.05, 3.63) is 35.4 Å². The van der Waals surface area contributed by atoms with Crippen molar-refractivity contribution in [3.63, 3.8) is 0 Å². The van der Waals surface area contributed by atoms with Crippen LogP contribution in [0.25, 0.3) is 0 Å². The van der Waals surface area contributed by atoms with Crippen LogP contribution in [0, 0.1) is 11.3 Å². The maximum atomic E-state index is 10.8. The van der Waals surface area contributed by atoms with E-state index in [0.29, 0.717) is 11.1 Å². The summed E-state index contributed by atoms with van der Waals surface area (Å²) in [6, 6.07) is 7.24. The lowest BCUT2D eigenvalue weighted by Gasteiger charge is -2.25. The molecule has 1 aromatic rings. The number of hydroxylamine groups is 2. The number of aliphatic hydroxyl groups is 1. The fourth-order valence-electron chi connectivity index (χ4n) is 1.61. The Kier molecular flexibility index (Phi) is 4.66. The normalized spacial score (nSPS) is 13.4. The van der Waals surface area contributed by atoms with E-state index >= 15 is 0 Å². The van der Waals surface area contributed by atoms with E-state index < -0.39 is 18.2 Å². The van der Waals surface area contributed by atoms with E-state index in [9.17, 15) is 15.1 Å². The van der Waals surface area contributed by atoms with Crippen LogP contribution in [0.15, 0.2) is 24.3 Å². The van der Waals surface area contributed by atoms with Gasteiger partial charge in [-0.25, -0.2) is 4.79 Å². The number of nitrogens with zero attached hydrogens (tertiary/aromatic N) is 2. The number of hydrogen-bond acceptors (Lipinski definition) is 4. The quantitative estimate of drug-likeness (QED) is 0.557. The Hall–Kier alpha value is -2.10. The van der Waals surface area contributed by atoms with Crippen molar-refractivity contribution in [2.45, 2.75) is 25.5 Å². The van der Waals surface area contributed by atoms with Gasteiger partial charge in [-0.3, -0.25) is 5.21 Å². The van der Waals surface area contributed by atoms with E-state index in [0.717, 1.165) is 0 Å². The molecule has 0 aliphatic rings. The highest BCUT2D eigenvalue weighted by atomic mass is 16.6. The fourth-order valence-corrected chi connectivity index (χ4v) is 1.61. The Balaban J connectivity index is 3.01. The monoisotopic (exact) mass is 250 g/mol. The van der Waals surface area contributed by atoms with Crippen molar-refractivity contribution in [3.8, 4) is 6.07 Å². The van der Waals surface area contributed by atoms with Gasteiger partial charge in [0.15, 0.2) is 0 Å². The first kappa shape index (κ1) is 14.0. The molecule has 1 rings (SSSR count). The maximum Gasteiger partial charge on any atom is 0.431 e. The van der Waals surface area contributed by atoms with Crippen molar-refractivity contribution in [1.82, 2.24) is 5.06 Å². The Morgan fingerprint density at radius 2 is 2.00 bits per heavy atom. The number of carboxylic acid groups (broad SMARTS) is 1. The molecule has 96 valence electrons. The molecule has 0 aliphatic carbocycles. The van der Waals surface area contributed by atoms with Crippen LogP contribution in [0.4, 0.5) is 4.79 Å². The minimum absolute atomic E-state index is 0.0642. The molecule has 0 fully saturated rings. The third-order valence-electron chi connectivity index (χ3n) is 2.48. The van der Waals surface area contributed by atoms with Crippen molar-refractivity contribution in [1.29, 1.82) is 5.26 Å². The molecular formula is C12H14N2O4. The van der Waals surface area contributed by atoms with Gasteiger partial charge >= 0.3 is 6.09 Å². The van der Waals surface area contributed by atoms with Crippen molar-refractivity contribution < 1.29 is 20.2 Å². The number of amides is 1. The van der Waals surface area contributed by atoms with E-state index in [1.165, 1.54) is 19.1 Å². The van der Waals surface area contributed by atoms with Crippen LogP contribution in [0.3, 0.4) is 0 Å². The summed E-state index contributed by atoms with van der Waals surface area (Å²) >= 11 is 0. The second-order valence-corrected chi connectivity index (χ2v) is 3.96. The zero-order chi connectivity index (χ0) is 13.7. The van der Waals surface area contributed by atoms with Crippen LogP contribution in [0.5, 0.6) is 0 Å². The third-order valence-corrected chi connectivity index (χ3v) is 2.48. The number of nitriles is 1. The van der Waals surface area contributed by atoms with Gasteiger partial charge in [-0.15, -0.1) is 0 Å². The SMILES string of the molecule is CC(O)C[C@@H](c1ccc(C#N)cc1)N(O)C(=O)O. The standard InChI is InChI=1S/C12H14N2O4/c1-8(15)6-11(14(18)12(16)17)10-4-2-9(7-13)3-5-10/h2-5,8,11,15,18H,6H2,1H3,(H,16,17)/t8?,11-/m0/s1. The van der Waals surface area contributed by atoms with Gasteiger partial charge < -0.3 is 10.2 Å². The first-order valence-electron chi connectivity index (χ1n) is 5.35. The van der Waals surface area contributed by atoms with Crippen molar-refractivity contribution >= 4 is 6.09 Å². The average molecular weight is 250 g/mol. The molecule has 18 heavy (non-hydrogen) atoms. The molecule has 0 aromatic heterocycles. The Morgan fingerprint density at radius 3 is 2.39 bits per heavy atom. The Labute approximate surface area is 104 Å². The number of aliphatic hydroxyl groups excluding tert-OH is 1. The van der Waals surface area contributed by atoms with E-state index in [4.69, 9.17) is 10.4 Å². The molecule has 0 bridgehead atoms. The molecule has 0 saturated carbocycles. The molecule has 0 aliphatic heterocycles. The summed E-state index contributed by atoms with van der Waals surface area (Å²) in [5.41, 5.74) is 0.953. The molecule has 2 atom stereocenters. The summed E-state index contributed by atoms with van der Waals surface area (Å²) in [5, 5.41) is 36.4. The molecule has 1 aromatic carbocycles. The molecule has 6 nitrogen and oxygen atoms in total. The van der Waals surface area contributed by atoms with Crippen LogP contribution in [0.1, 0.15) is 30.5 Å². The summed E-state index contributed by atoms with van der Waals surface area (Å²) in [7, 11) is 0. The van der Waals surface area contributed by atoms with Gasteiger partial charge in [-0.1, -0.05) is 12.1 Å². The molecule has 0 heterocycles. The zero-order valence-electron chi connectivity index (χ0n) is 9.82. The predicted molar refractivity (Wildman–Crippen MR) is 61.8 cm³/mol. The summed E-state index contributed by atoms with van der Waals surface area (Å²) in [5.74, 6) is 0. The van der Waals surface area contributed by atoms with Gasteiger partial charge in [0.05, 0.1) is 23.8 Å². The highest BCUT2D eigenvalue weighted by Crippen LogP contribution is 2.24. The molecule has 0 saturated heterocycles. The van der Waals surface area contributed by atoms with E-state index in [1.807, 2.05) is 6.07 Å². The summed E-state index contributed by atoms with van der Waals surface area (Å²) in [4.78, 5) is 10.8. The smallest absolute Gasteiger partial charge is 0.431 e. The van der Waals surface area contributed by atoms with Crippen molar-refractivity contribution in [2.24, 2.45) is 0 Å². The molecule has 0 radical (unpaired) electrons. The number of carbonyl (C=O) groups is 1. The maximum absolute atomic E-state index is 10.8. The van der Waals surface area contributed by atoms with E-state index in [1.54, 1.807) is 12.1 Å². The van der Waals surface area contributed by atoms with Gasteiger partial charge in [-0.05, 0) is 24.6 Å². The Morgan fingerprint density at radius 1 is 1.44 bits per heavy atom. The average Bonchev–Trinajstić information content (AvgIpc) is 2.35. The van der Waals surface area contributed by atoms with Gasteiger partial charge in [0.1, 0.15) is 0 Å². The first-order chi connectivity index (χ1) is 8.45. The highest BCUT2D eigenvalue weighted by molar-refractivity contribution is 5.64. The van der Waals surface area contributed by atoms with Gasteiger partial charge in [0.25, 0.3) is 0 Å². The molecular weight excluding hydrogens is 236 g/mol. The molecule has 6 heteroatoms. The van der Waals surface area contributed by atoms with Crippen molar-refractivity contribution in [2.75, 3.05) is 0 Å². The van der Waals surface area contributed by atoms with Crippen LogP contribution in [0.2, 0.25) is 0 Å². The Bertz CT molecular complexity index is 450. The summed E-state index contributed by atoms with van der Waals surface area (Å²) < 4.78 is 0. The van der Waals surface area contributed by atoms with E-state index in [2.05, 4.69) is 0 Å². The topological polar surface area (TPSA) is 105 Å². The molecule has 1 amide bonds. The van der Waals surface area contributed by atoms with Crippen LogP contribution >= 0.6 is 0 Å². The molecule has 1 unspecified atom stereocenters. The largest absolute Gasteiger partial charge is 0.463 e. The number of benzene rings is 1. The van der Waals surface area contributed by atoms with Crippen LogP contribution in [-0.2, 0) is 0 Å². The number of rotatable bonds is 4. The first-order valence-corrected chi connectivity index (χ1v) is 5.35. The summed E-state index contributed by atoms with van der Waals surface area (Å²) in [6.07, 6.45) is -2.20. The second kappa shape index (κ2) is 6.00. The minimum Gasteiger partial charge on any atom is -0.463 e. The van der Waals surface area contributed by atoms with Gasteiger partial charge in [-0.2, -0.15) is 10.3 Å². The minimum atomic E-state index is -1.50. The van der Waals surface area contributed by atoms with Gasteiger partial charge in [0.2, 0.25) is 0 Å². The van der Waals surface area contributed by atoms with Gasteiger partial charge in [0, 0.05) is 6.42 Å². The summed E-state index contributed by atoms with van der Waals surface area (Å²) in [6.45, 7) is 1.51. The van der Waals surface area contributed by atoms with E-state index in [-0.39, 0.29) is 11.5 Å². The molecule has 0 spiro atoms. The zero-order valence-corrected chi connectivity index (χ0v) is 9.82. The number of hydrogen-bond donors (Lipinski definition) is 3. The molecule has 3 N–H and O–H groups in total. The van der Waals surface area contributed by atoms with Crippen LogP contribution < -0.4 is 0 Å². The van der Waals surface area contributed by atoms with Crippen LogP contribution in [-0.4, -0.2) is 32.7 Å². The second-order valence-electron chi connectivity index (χ2n) is 3.96. The fraction of sp³-hybridized carbons (Fsp3) is 0.333. The lowest BCUT2D eigenvalue weighted by Crippen LogP contribution is -2.32. The lowest BCUT2D eigenvalue weighted by molar-refractivity contribution is -0.106. The predicted octanol–water partition coefficient (Wildman–Crippen LogP) is 1.74. The lowest BCUT2D eigenvalue weighted by atomic mass is 10.00. The third kappa shape index (κ3) is 3.45. The highest BCUT2D eigenvalue weighted by Gasteiger charge is 2.24.